The fraction of sp³-hybridized carbons (Fsp3) is 0.571. The molecular formula is C14H21NO2S. The maximum Gasteiger partial charge on any atom is 0.306 e. The van der Waals surface area contributed by atoms with Crippen molar-refractivity contribution < 1.29 is 9.53 Å². The van der Waals surface area contributed by atoms with Gasteiger partial charge in [-0.15, -0.1) is 0 Å². The maximum atomic E-state index is 11.3. The molecule has 0 fully saturated rings. The summed E-state index contributed by atoms with van der Waals surface area (Å²) < 4.78 is 5.16. The topological polar surface area (TPSA) is 39.2 Å². The van der Waals surface area contributed by atoms with Gasteiger partial charge in [0.1, 0.15) is 0 Å². The van der Waals surface area contributed by atoms with Crippen molar-refractivity contribution in [1.29, 1.82) is 0 Å². The smallest absolute Gasteiger partial charge is 0.306 e. The van der Waals surface area contributed by atoms with E-state index in [1.165, 1.54) is 0 Å². The van der Waals surface area contributed by atoms with Crippen LogP contribution in [-0.2, 0) is 16.0 Å². The van der Waals surface area contributed by atoms with E-state index in [0.717, 1.165) is 35.7 Å². The van der Waals surface area contributed by atoms with Gasteiger partial charge in [0.05, 0.1) is 13.0 Å². The number of thioether (sulfide) groups is 1. The van der Waals surface area contributed by atoms with Gasteiger partial charge in [-0.05, 0) is 37.7 Å². The number of hydrogen-bond donors (Lipinski definition) is 0. The van der Waals surface area contributed by atoms with Crippen LogP contribution < -0.4 is 0 Å². The van der Waals surface area contributed by atoms with E-state index in [9.17, 15) is 4.79 Å². The van der Waals surface area contributed by atoms with E-state index >= 15 is 0 Å². The Labute approximate surface area is 113 Å². The summed E-state index contributed by atoms with van der Waals surface area (Å²) in [4.78, 5) is 15.7. The van der Waals surface area contributed by atoms with E-state index in [-0.39, 0.29) is 5.97 Å². The standard InChI is InChI=1S/C14H21NO2S/c1-3-18-11-9-14(16)17-10-5-8-13-7-4-6-12(2)15-13/h4,6-7H,3,5,8-11H2,1-2H3. The molecule has 1 aromatic heterocycles. The number of ether oxygens (including phenoxy) is 1. The molecule has 0 atom stereocenters. The fourth-order valence-electron chi connectivity index (χ4n) is 1.55. The highest BCUT2D eigenvalue weighted by atomic mass is 32.2. The molecule has 0 aromatic carbocycles. The molecule has 0 aliphatic carbocycles. The average Bonchev–Trinajstić information content (AvgIpc) is 2.35. The van der Waals surface area contributed by atoms with Crippen LogP contribution in [0.4, 0.5) is 0 Å². The third kappa shape index (κ3) is 6.64. The van der Waals surface area contributed by atoms with Crippen molar-refractivity contribution in [3.63, 3.8) is 0 Å². The Morgan fingerprint density at radius 2 is 2.28 bits per heavy atom. The number of nitrogens with zero attached hydrogens (tertiary/aromatic N) is 1. The molecular weight excluding hydrogens is 246 g/mol. The van der Waals surface area contributed by atoms with Crippen molar-refractivity contribution in [3.8, 4) is 0 Å². The monoisotopic (exact) mass is 267 g/mol. The molecule has 0 spiro atoms. The number of aromatic nitrogens is 1. The molecule has 1 aromatic rings. The highest BCUT2D eigenvalue weighted by Gasteiger charge is 2.02. The lowest BCUT2D eigenvalue weighted by Gasteiger charge is -2.05. The number of aryl methyl sites for hydroxylation is 2. The van der Waals surface area contributed by atoms with Crippen LogP contribution in [0, 0.1) is 6.92 Å². The second-order valence-electron chi connectivity index (χ2n) is 4.04. The lowest BCUT2D eigenvalue weighted by Crippen LogP contribution is -2.07. The molecule has 0 bridgehead atoms. The Morgan fingerprint density at radius 3 is 3.00 bits per heavy atom. The van der Waals surface area contributed by atoms with Crippen LogP contribution in [0.25, 0.3) is 0 Å². The summed E-state index contributed by atoms with van der Waals surface area (Å²) >= 11 is 1.76. The van der Waals surface area contributed by atoms with E-state index in [0.29, 0.717) is 13.0 Å². The molecule has 18 heavy (non-hydrogen) atoms. The second-order valence-corrected chi connectivity index (χ2v) is 5.44. The van der Waals surface area contributed by atoms with E-state index < -0.39 is 0 Å². The van der Waals surface area contributed by atoms with Crippen molar-refractivity contribution >= 4 is 17.7 Å². The summed E-state index contributed by atoms with van der Waals surface area (Å²) in [5.41, 5.74) is 2.09. The fourth-order valence-corrected chi connectivity index (χ4v) is 2.15. The van der Waals surface area contributed by atoms with Gasteiger partial charge < -0.3 is 4.74 Å². The van der Waals surface area contributed by atoms with Gasteiger partial charge in [-0.3, -0.25) is 9.78 Å². The van der Waals surface area contributed by atoms with Crippen LogP contribution in [0.2, 0.25) is 0 Å². The summed E-state index contributed by atoms with van der Waals surface area (Å²) in [5.74, 6) is 1.81. The third-order valence-electron chi connectivity index (χ3n) is 2.44. The molecule has 0 amide bonds. The predicted molar refractivity (Wildman–Crippen MR) is 75.9 cm³/mol. The predicted octanol–water partition coefficient (Wildman–Crippen LogP) is 3.01. The zero-order valence-corrected chi connectivity index (χ0v) is 12.0. The molecule has 3 nitrogen and oxygen atoms in total. The Hall–Kier alpha value is -1.03. The summed E-state index contributed by atoms with van der Waals surface area (Å²) in [6, 6.07) is 5.99. The van der Waals surface area contributed by atoms with E-state index in [1.54, 1.807) is 11.8 Å². The van der Waals surface area contributed by atoms with Gasteiger partial charge in [0.2, 0.25) is 0 Å². The minimum absolute atomic E-state index is 0.0897. The Bertz CT molecular complexity index is 369. The Balaban J connectivity index is 2.09. The SMILES string of the molecule is CCSCCC(=O)OCCCc1cccc(C)n1. The van der Waals surface area contributed by atoms with Crippen molar-refractivity contribution in [3.05, 3.63) is 29.6 Å². The lowest BCUT2D eigenvalue weighted by atomic mass is 10.2. The molecule has 0 aliphatic rings. The summed E-state index contributed by atoms with van der Waals surface area (Å²) in [7, 11) is 0. The number of carbonyl (C=O) groups is 1. The van der Waals surface area contributed by atoms with E-state index in [4.69, 9.17) is 4.74 Å². The van der Waals surface area contributed by atoms with Crippen LogP contribution >= 0.6 is 11.8 Å². The molecule has 0 unspecified atom stereocenters. The highest BCUT2D eigenvalue weighted by Crippen LogP contribution is 2.04. The van der Waals surface area contributed by atoms with Gasteiger partial charge in [0.15, 0.2) is 0 Å². The number of pyridine rings is 1. The maximum absolute atomic E-state index is 11.3. The number of esters is 1. The van der Waals surface area contributed by atoms with Gasteiger partial charge in [0, 0.05) is 17.1 Å². The Morgan fingerprint density at radius 1 is 1.44 bits per heavy atom. The summed E-state index contributed by atoms with van der Waals surface area (Å²) in [6.45, 7) is 4.56. The summed E-state index contributed by atoms with van der Waals surface area (Å²) in [5, 5.41) is 0. The highest BCUT2D eigenvalue weighted by molar-refractivity contribution is 7.99. The van der Waals surface area contributed by atoms with Crippen LogP contribution in [0.15, 0.2) is 18.2 Å². The van der Waals surface area contributed by atoms with Gasteiger partial charge >= 0.3 is 5.97 Å². The first-order valence-corrected chi connectivity index (χ1v) is 7.53. The van der Waals surface area contributed by atoms with Crippen LogP contribution in [0.3, 0.4) is 0 Å². The normalized spacial score (nSPS) is 10.3. The van der Waals surface area contributed by atoms with Crippen molar-refractivity contribution in [1.82, 2.24) is 4.98 Å². The van der Waals surface area contributed by atoms with Gasteiger partial charge in [0.25, 0.3) is 0 Å². The molecule has 0 N–H and O–H groups in total. The van der Waals surface area contributed by atoms with Crippen molar-refractivity contribution in [2.75, 3.05) is 18.1 Å². The number of hydrogen-bond acceptors (Lipinski definition) is 4. The zero-order chi connectivity index (χ0) is 13.2. The first kappa shape index (κ1) is 15.0. The Kier molecular flexibility index (Phi) is 7.49. The quantitative estimate of drug-likeness (QED) is 0.536. The second kappa shape index (κ2) is 8.97. The molecule has 1 heterocycles. The van der Waals surface area contributed by atoms with Crippen molar-refractivity contribution in [2.24, 2.45) is 0 Å². The van der Waals surface area contributed by atoms with Crippen LogP contribution in [0.5, 0.6) is 0 Å². The van der Waals surface area contributed by atoms with Crippen molar-refractivity contribution in [2.45, 2.75) is 33.1 Å². The van der Waals surface area contributed by atoms with Crippen LogP contribution in [-0.4, -0.2) is 29.1 Å². The molecule has 0 saturated heterocycles. The average molecular weight is 267 g/mol. The molecule has 1 rings (SSSR count). The third-order valence-corrected chi connectivity index (χ3v) is 3.34. The molecule has 100 valence electrons. The minimum atomic E-state index is -0.0897. The lowest BCUT2D eigenvalue weighted by molar-refractivity contribution is -0.143. The summed E-state index contributed by atoms with van der Waals surface area (Å²) in [6.07, 6.45) is 2.21. The van der Waals surface area contributed by atoms with E-state index in [1.807, 2.05) is 25.1 Å². The minimum Gasteiger partial charge on any atom is -0.466 e. The van der Waals surface area contributed by atoms with Crippen LogP contribution in [0.1, 0.15) is 31.2 Å². The van der Waals surface area contributed by atoms with E-state index in [2.05, 4.69) is 11.9 Å². The largest absolute Gasteiger partial charge is 0.466 e. The first-order chi connectivity index (χ1) is 8.72. The molecule has 0 saturated carbocycles. The van der Waals surface area contributed by atoms with Gasteiger partial charge in [-0.2, -0.15) is 11.8 Å². The molecule has 4 heteroatoms. The molecule has 0 radical (unpaired) electrons. The zero-order valence-electron chi connectivity index (χ0n) is 11.1. The van der Waals surface area contributed by atoms with Gasteiger partial charge in [-0.25, -0.2) is 0 Å². The number of rotatable bonds is 8. The van der Waals surface area contributed by atoms with Gasteiger partial charge in [-0.1, -0.05) is 13.0 Å². The number of carbonyl (C=O) groups excluding carboxylic acids is 1. The molecule has 0 aliphatic heterocycles. The first-order valence-electron chi connectivity index (χ1n) is 6.38.